The maximum atomic E-state index is 13.0. The Morgan fingerprint density at radius 3 is 2.62 bits per heavy atom. The summed E-state index contributed by atoms with van der Waals surface area (Å²) in [6.07, 6.45) is 1.22. The van der Waals surface area contributed by atoms with Gasteiger partial charge >= 0.3 is 5.97 Å². The normalized spacial score (nSPS) is 42.5. The zero-order valence-corrected chi connectivity index (χ0v) is 12.1. The Morgan fingerprint density at radius 2 is 1.95 bits per heavy atom. The molecule has 0 unspecified atom stereocenters. The SMILES string of the molecule is COC(=O)[C@@]1(C)[C@@H]2C[C@H]([C@H]3O[C@@H]32)[C@H]1C(=O)c1ccccc1. The third-order valence-electron chi connectivity index (χ3n) is 5.72. The molecular formula is C17H18O4. The van der Waals surface area contributed by atoms with E-state index in [1.807, 2.05) is 37.3 Å². The van der Waals surface area contributed by atoms with E-state index in [4.69, 9.17) is 9.47 Å². The Balaban J connectivity index is 1.75. The molecule has 2 saturated carbocycles. The lowest BCUT2D eigenvalue weighted by molar-refractivity contribution is -0.157. The highest BCUT2D eigenvalue weighted by Gasteiger charge is 2.75. The van der Waals surface area contributed by atoms with Gasteiger partial charge in [0, 0.05) is 17.4 Å². The van der Waals surface area contributed by atoms with Gasteiger partial charge in [0.05, 0.1) is 24.7 Å². The molecule has 0 aromatic heterocycles. The number of carbonyl (C=O) groups is 2. The molecule has 0 amide bonds. The van der Waals surface area contributed by atoms with Crippen LogP contribution in [0.25, 0.3) is 0 Å². The van der Waals surface area contributed by atoms with Crippen molar-refractivity contribution in [2.45, 2.75) is 25.6 Å². The maximum absolute atomic E-state index is 13.0. The molecule has 4 heteroatoms. The molecular weight excluding hydrogens is 268 g/mol. The molecule has 1 aliphatic heterocycles. The van der Waals surface area contributed by atoms with Crippen LogP contribution in [-0.2, 0) is 14.3 Å². The van der Waals surface area contributed by atoms with Crippen molar-refractivity contribution in [1.29, 1.82) is 0 Å². The Kier molecular flexibility index (Phi) is 2.58. The van der Waals surface area contributed by atoms with E-state index in [1.54, 1.807) is 0 Å². The molecule has 0 spiro atoms. The molecule has 1 aromatic carbocycles. The van der Waals surface area contributed by atoms with Gasteiger partial charge in [0.1, 0.15) is 0 Å². The van der Waals surface area contributed by atoms with Crippen molar-refractivity contribution in [3.8, 4) is 0 Å². The van der Waals surface area contributed by atoms with Crippen LogP contribution in [0.15, 0.2) is 30.3 Å². The smallest absolute Gasteiger partial charge is 0.312 e. The van der Waals surface area contributed by atoms with Crippen LogP contribution >= 0.6 is 0 Å². The Bertz CT molecular complexity index is 610. The van der Waals surface area contributed by atoms with Crippen LogP contribution in [-0.4, -0.2) is 31.1 Å². The van der Waals surface area contributed by atoms with Gasteiger partial charge in [0.2, 0.25) is 0 Å². The Hall–Kier alpha value is -1.68. The van der Waals surface area contributed by atoms with E-state index in [-0.39, 0.29) is 41.7 Å². The van der Waals surface area contributed by atoms with Gasteiger partial charge in [0.25, 0.3) is 0 Å². The zero-order chi connectivity index (χ0) is 14.8. The van der Waals surface area contributed by atoms with E-state index in [0.29, 0.717) is 5.56 Å². The number of hydrogen-bond donors (Lipinski definition) is 0. The molecule has 0 N–H and O–H groups in total. The second kappa shape index (κ2) is 4.17. The lowest BCUT2D eigenvalue weighted by Crippen LogP contribution is -2.47. The molecule has 3 fully saturated rings. The van der Waals surface area contributed by atoms with E-state index >= 15 is 0 Å². The van der Waals surface area contributed by atoms with Crippen molar-refractivity contribution >= 4 is 11.8 Å². The van der Waals surface area contributed by atoms with Crippen LogP contribution < -0.4 is 0 Å². The van der Waals surface area contributed by atoms with Crippen molar-refractivity contribution in [3.63, 3.8) is 0 Å². The third kappa shape index (κ3) is 1.54. The zero-order valence-electron chi connectivity index (χ0n) is 12.1. The predicted molar refractivity (Wildman–Crippen MR) is 74.6 cm³/mol. The summed E-state index contributed by atoms with van der Waals surface area (Å²) in [6.45, 7) is 1.88. The molecule has 2 bridgehead atoms. The first kappa shape index (κ1) is 13.0. The summed E-state index contributed by atoms with van der Waals surface area (Å²) < 4.78 is 10.7. The quantitative estimate of drug-likeness (QED) is 0.485. The maximum Gasteiger partial charge on any atom is 0.312 e. The minimum absolute atomic E-state index is 0.0463. The standard InChI is InChI=1S/C17H18O4/c1-17(16(19)20-2)11-8-10(14-15(11)21-14)12(17)13(18)9-6-4-3-5-7-9/h3-7,10-12,14-15H,8H2,1-2H3/t10-,11+,12-,14+,15+,17-/m0/s1. The van der Waals surface area contributed by atoms with Crippen LogP contribution in [0.2, 0.25) is 0 Å². The molecule has 0 radical (unpaired) electrons. The number of ketones is 1. The average Bonchev–Trinajstić information content (AvgIpc) is 3.16. The number of fused-ring (bicyclic) bond motifs is 5. The summed E-state index contributed by atoms with van der Waals surface area (Å²) in [4.78, 5) is 25.4. The summed E-state index contributed by atoms with van der Waals surface area (Å²) in [6, 6.07) is 9.23. The third-order valence-corrected chi connectivity index (χ3v) is 5.72. The second-order valence-electron chi connectivity index (χ2n) is 6.55. The van der Waals surface area contributed by atoms with E-state index in [1.165, 1.54) is 7.11 Å². The van der Waals surface area contributed by atoms with Crippen LogP contribution in [0.4, 0.5) is 0 Å². The van der Waals surface area contributed by atoms with Gasteiger partial charge in [-0.15, -0.1) is 0 Å². The highest BCUT2D eigenvalue weighted by atomic mass is 16.6. The number of benzene rings is 1. The first-order valence-electron chi connectivity index (χ1n) is 7.42. The fourth-order valence-corrected chi connectivity index (χ4v) is 4.70. The molecule has 4 nitrogen and oxygen atoms in total. The molecule has 1 aromatic rings. The van der Waals surface area contributed by atoms with Crippen molar-refractivity contribution in [2.24, 2.45) is 23.2 Å². The first-order valence-corrected chi connectivity index (χ1v) is 7.42. The fraction of sp³-hybridized carbons (Fsp3) is 0.529. The Labute approximate surface area is 123 Å². The van der Waals surface area contributed by atoms with Gasteiger partial charge in [-0.2, -0.15) is 0 Å². The average molecular weight is 286 g/mol. The monoisotopic (exact) mass is 286 g/mol. The highest BCUT2D eigenvalue weighted by molar-refractivity contribution is 6.02. The van der Waals surface area contributed by atoms with Gasteiger partial charge < -0.3 is 9.47 Å². The summed E-state index contributed by atoms with van der Waals surface area (Å²) >= 11 is 0. The molecule has 2 aliphatic carbocycles. The van der Waals surface area contributed by atoms with Crippen molar-refractivity contribution < 1.29 is 19.1 Å². The van der Waals surface area contributed by atoms with Gasteiger partial charge in [-0.25, -0.2) is 0 Å². The van der Waals surface area contributed by atoms with E-state index in [0.717, 1.165) is 6.42 Å². The summed E-state index contributed by atoms with van der Waals surface area (Å²) in [5.41, 5.74) is -0.0910. The number of rotatable bonds is 3. The number of ether oxygens (including phenoxy) is 2. The lowest BCUT2D eigenvalue weighted by Gasteiger charge is -2.35. The van der Waals surface area contributed by atoms with Crippen molar-refractivity contribution in [2.75, 3.05) is 7.11 Å². The summed E-state index contributed by atoms with van der Waals surface area (Å²) in [5, 5.41) is 0. The summed E-state index contributed by atoms with van der Waals surface area (Å²) in [7, 11) is 1.40. The van der Waals surface area contributed by atoms with Crippen LogP contribution in [0, 0.1) is 23.2 Å². The van der Waals surface area contributed by atoms with Crippen LogP contribution in [0.3, 0.4) is 0 Å². The second-order valence-corrected chi connectivity index (χ2v) is 6.55. The molecule has 110 valence electrons. The number of carbonyl (C=O) groups excluding carboxylic acids is 2. The minimum atomic E-state index is -0.760. The number of esters is 1. The van der Waals surface area contributed by atoms with Crippen molar-refractivity contribution in [3.05, 3.63) is 35.9 Å². The van der Waals surface area contributed by atoms with Crippen LogP contribution in [0.5, 0.6) is 0 Å². The molecule has 1 heterocycles. The first-order chi connectivity index (χ1) is 10.1. The van der Waals surface area contributed by atoms with E-state index < -0.39 is 5.41 Å². The Morgan fingerprint density at radius 1 is 1.24 bits per heavy atom. The number of Topliss-reactive ketones (excluding diaryl/α,β-unsaturated/α-hetero) is 1. The molecule has 4 rings (SSSR count). The lowest BCUT2D eigenvalue weighted by atomic mass is 9.65. The van der Waals surface area contributed by atoms with Gasteiger partial charge in [0.15, 0.2) is 5.78 Å². The molecule has 3 aliphatic rings. The summed E-state index contributed by atoms with van der Waals surface area (Å²) in [5.74, 6) is -0.307. The van der Waals surface area contributed by atoms with Gasteiger partial charge in [-0.1, -0.05) is 30.3 Å². The number of methoxy groups -OCH3 is 1. The fourth-order valence-electron chi connectivity index (χ4n) is 4.70. The number of epoxide rings is 1. The van der Waals surface area contributed by atoms with Gasteiger partial charge in [-0.3, -0.25) is 9.59 Å². The highest BCUT2D eigenvalue weighted by Crippen LogP contribution is 2.67. The molecule has 1 saturated heterocycles. The van der Waals surface area contributed by atoms with Gasteiger partial charge in [-0.05, 0) is 19.3 Å². The van der Waals surface area contributed by atoms with E-state index in [9.17, 15) is 9.59 Å². The number of hydrogen-bond acceptors (Lipinski definition) is 4. The predicted octanol–water partition coefficient (Wildman–Crippen LogP) is 2.08. The van der Waals surface area contributed by atoms with E-state index in [2.05, 4.69) is 0 Å². The van der Waals surface area contributed by atoms with Crippen molar-refractivity contribution in [1.82, 2.24) is 0 Å². The topological polar surface area (TPSA) is 55.9 Å². The largest absolute Gasteiger partial charge is 0.469 e. The molecule has 21 heavy (non-hydrogen) atoms. The molecule has 6 atom stereocenters. The van der Waals surface area contributed by atoms with Crippen LogP contribution in [0.1, 0.15) is 23.7 Å². The minimum Gasteiger partial charge on any atom is -0.469 e.